The molecule has 2 aromatic carbocycles. The molecule has 0 N–H and O–H groups in total. The number of unbranched alkanes of at least 4 members (excludes halogenated alkanes) is 1. The zero-order valence-electron chi connectivity index (χ0n) is 21.1. The van der Waals surface area contributed by atoms with Crippen molar-refractivity contribution >= 4 is 17.9 Å². The molecule has 0 saturated carbocycles. The summed E-state index contributed by atoms with van der Waals surface area (Å²) in [5.41, 5.74) is 1.24. The molecular formula is C29H32N2O5. The molecule has 0 radical (unpaired) electrons. The third-order valence-corrected chi connectivity index (χ3v) is 5.96. The van der Waals surface area contributed by atoms with Crippen molar-refractivity contribution in [1.82, 2.24) is 9.80 Å². The molecule has 7 nitrogen and oxygen atoms in total. The molecule has 36 heavy (non-hydrogen) atoms. The van der Waals surface area contributed by atoms with Gasteiger partial charge in [0.2, 0.25) is 0 Å². The maximum Gasteiger partial charge on any atom is 0.410 e. The van der Waals surface area contributed by atoms with Gasteiger partial charge in [0.15, 0.2) is 0 Å². The maximum absolute atomic E-state index is 12.4. The summed E-state index contributed by atoms with van der Waals surface area (Å²) < 4.78 is 11.6. The lowest BCUT2D eigenvalue weighted by atomic mass is 10.1. The minimum Gasteiger partial charge on any atom is -0.489 e. The number of amides is 3. The van der Waals surface area contributed by atoms with Gasteiger partial charge in [-0.2, -0.15) is 0 Å². The van der Waals surface area contributed by atoms with Gasteiger partial charge in [-0.3, -0.25) is 14.5 Å². The van der Waals surface area contributed by atoms with Crippen LogP contribution in [0.3, 0.4) is 0 Å². The van der Waals surface area contributed by atoms with Gasteiger partial charge >= 0.3 is 6.09 Å². The summed E-state index contributed by atoms with van der Waals surface area (Å²) in [5, 5.41) is 0. The molecule has 7 heteroatoms. The predicted molar refractivity (Wildman–Crippen MR) is 136 cm³/mol. The largest absolute Gasteiger partial charge is 0.489 e. The number of fused-ring (bicyclic) bond motifs is 1. The van der Waals surface area contributed by atoms with E-state index < -0.39 is 5.60 Å². The fourth-order valence-electron chi connectivity index (χ4n) is 4.30. The number of ether oxygens (including phenoxy) is 2. The van der Waals surface area contributed by atoms with Crippen LogP contribution in [0.4, 0.5) is 4.79 Å². The van der Waals surface area contributed by atoms with Gasteiger partial charge in [-0.15, -0.1) is 0 Å². The summed E-state index contributed by atoms with van der Waals surface area (Å²) in [6.45, 7) is 7.09. The minimum atomic E-state index is -0.525. The molecule has 1 unspecified atom stereocenters. The maximum atomic E-state index is 12.4. The molecule has 0 spiro atoms. The fraction of sp³-hybridized carbons (Fsp3) is 0.414. The Bertz CT molecular complexity index is 1170. The van der Waals surface area contributed by atoms with Gasteiger partial charge in [0.1, 0.15) is 17.5 Å². The number of nitrogens with zero attached hydrogens (tertiary/aromatic N) is 2. The van der Waals surface area contributed by atoms with Crippen molar-refractivity contribution in [2.24, 2.45) is 0 Å². The van der Waals surface area contributed by atoms with E-state index in [1.54, 1.807) is 29.2 Å². The quantitative estimate of drug-likeness (QED) is 0.340. The number of hydrogen-bond donors (Lipinski definition) is 0. The zero-order chi connectivity index (χ0) is 25.7. The average molecular weight is 489 g/mol. The van der Waals surface area contributed by atoms with Gasteiger partial charge in [0.25, 0.3) is 11.8 Å². The van der Waals surface area contributed by atoms with Crippen LogP contribution in [0.5, 0.6) is 5.75 Å². The fourth-order valence-corrected chi connectivity index (χ4v) is 4.30. The molecule has 0 bridgehead atoms. The van der Waals surface area contributed by atoms with Crippen LogP contribution >= 0.6 is 0 Å². The molecule has 2 aromatic rings. The Morgan fingerprint density at radius 1 is 1.06 bits per heavy atom. The molecule has 4 rings (SSSR count). The minimum absolute atomic E-state index is 0.103. The number of hydrogen-bond acceptors (Lipinski definition) is 5. The first kappa shape index (κ1) is 25.3. The lowest BCUT2D eigenvalue weighted by Gasteiger charge is -2.34. The van der Waals surface area contributed by atoms with Crippen LogP contribution in [0.2, 0.25) is 0 Å². The number of benzene rings is 2. The molecule has 2 aliphatic rings. The van der Waals surface area contributed by atoms with E-state index in [9.17, 15) is 14.4 Å². The van der Waals surface area contributed by atoms with Crippen LogP contribution in [-0.2, 0) is 4.74 Å². The molecule has 188 valence electrons. The molecule has 2 heterocycles. The number of imide groups is 1. The molecule has 1 saturated heterocycles. The van der Waals surface area contributed by atoms with Crippen molar-refractivity contribution in [1.29, 1.82) is 0 Å². The van der Waals surface area contributed by atoms with Gasteiger partial charge < -0.3 is 14.4 Å². The highest BCUT2D eigenvalue weighted by Gasteiger charge is 2.34. The molecule has 2 aliphatic heterocycles. The Hall–Kier alpha value is -3.79. The second kappa shape index (κ2) is 10.9. The highest BCUT2D eigenvalue weighted by Crippen LogP contribution is 2.23. The van der Waals surface area contributed by atoms with Gasteiger partial charge in [0, 0.05) is 25.1 Å². The number of carbonyl (C=O) groups is 3. The highest BCUT2D eigenvalue weighted by atomic mass is 16.6. The topological polar surface area (TPSA) is 76.2 Å². The SMILES string of the molecule is CC(C)(C)OC(=O)N1CCCC(Oc2cccc(C#CCCCN3C(=O)c4ccccc4C3=O)c2)C1. The number of rotatable bonds is 5. The average Bonchev–Trinajstić information content (AvgIpc) is 3.08. The summed E-state index contributed by atoms with van der Waals surface area (Å²) >= 11 is 0. The molecule has 0 aliphatic carbocycles. The first-order valence-electron chi connectivity index (χ1n) is 12.4. The summed E-state index contributed by atoms with van der Waals surface area (Å²) in [6.07, 6.45) is 2.48. The Morgan fingerprint density at radius 3 is 2.47 bits per heavy atom. The third kappa shape index (κ3) is 6.25. The first-order valence-corrected chi connectivity index (χ1v) is 12.4. The van der Waals surface area contributed by atoms with Crippen molar-refractivity contribution in [3.05, 3.63) is 65.2 Å². The molecule has 1 atom stereocenters. The van der Waals surface area contributed by atoms with Crippen molar-refractivity contribution < 1.29 is 23.9 Å². The monoisotopic (exact) mass is 488 g/mol. The van der Waals surface area contributed by atoms with Crippen LogP contribution in [-0.4, -0.2) is 59.0 Å². The molecule has 3 amide bonds. The van der Waals surface area contributed by atoms with Crippen LogP contribution in [0.15, 0.2) is 48.5 Å². The number of piperidine rings is 1. The first-order chi connectivity index (χ1) is 17.2. The summed E-state index contributed by atoms with van der Waals surface area (Å²) in [4.78, 5) is 40.3. The van der Waals surface area contributed by atoms with E-state index >= 15 is 0 Å². The second-order valence-corrected chi connectivity index (χ2v) is 10.0. The number of carbonyl (C=O) groups excluding carboxylic acids is 3. The normalized spacial score (nSPS) is 17.4. The van der Waals surface area contributed by atoms with Gasteiger partial charge in [-0.1, -0.05) is 30.0 Å². The second-order valence-electron chi connectivity index (χ2n) is 10.0. The van der Waals surface area contributed by atoms with Crippen molar-refractivity contribution in [2.75, 3.05) is 19.6 Å². The van der Waals surface area contributed by atoms with Crippen LogP contribution in [0.1, 0.15) is 72.7 Å². The van der Waals surface area contributed by atoms with Gasteiger partial charge in [-0.25, -0.2) is 4.79 Å². The molecule has 0 aromatic heterocycles. The lowest BCUT2D eigenvalue weighted by Crippen LogP contribution is -2.46. The Labute approximate surface area is 212 Å². The molecule has 1 fully saturated rings. The lowest BCUT2D eigenvalue weighted by molar-refractivity contribution is 0.00774. The van der Waals surface area contributed by atoms with Crippen LogP contribution in [0, 0.1) is 11.8 Å². The van der Waals surface area contributed by atoms with Crippen molar-refractivity contribution in [2.45, 2.75) is 58.2 Å². The van der Waals surface area contributed by atoms with Gasteiger partial charge in [-0.05, 0) is 70.4 Å². The van der Waals surface area contributed by atoms with E-state index in [-0.39, 0.29) is 24.0 Å². The van der Waals surface area contributed by atoms with E-state index in [1.165, 1.54) is 4.90 Å². The summed E-state index contributed by atoms with van der Waals surface area (Å²) in [7, 11) is 0. The standard InChI is InChI=1S/C29H32N2O5/c1-29(2,3)36-28(34)30-17-10-14-23(20-30)35-22-13-9-12-21(19-22)11-5-4-8-18-31-26(32)24-15-6-7-16-25(24)27(31)33/h6-7,9,12-13,15-16,19,23H,4,8,10,14,17-18,20H2,1-3H3. The van der Waals surface area contributed by atoms with E-state index in [4.69, 9.17) is 9.47 Å². The smallest absolute Gasteiger partial charge is 0.410 e. The van der Waals surface area contributed by atoms with E-state index in [0.29, 0.717) is 49.4 Å². The van der Waals surface area contributed by atoms with Gasteiger partial charge in [0.05, 0.1) is 17.7 Å². The number of likely N-dealkylation sites (tertiary alicyclic amines) is 1. The van der Waals surface area contributed by atoms with Crippen molar-refractivity contribution in [3.63, 3.8) is 0 Å². The van der Waals surface area contributed by atoms with E-state index in [0.717, 1.165) is 18.4 Å². The van der Waals surface area contributed by atoms with E-state index in [1.807, 2.05) is 45.0 Å². The Morgan fingerprint density at radius 2 is 1.78 bits per heavy atom. The Balaban J connectivity index is 1.27. The predicted octanol–water partition coefficient (Wildman–Crippen LogP) is 4.89. The van der Waals surface area contributed by atoms with Crippen molar-refractivity contribution in [3.8, 4) is 17.6 Å². The van der Waals surface area contributed by atoms with E-state index in [2.05, 4.69) is 11.8 Å². The summed E-state index contributed by atoms with van der Waals surface area (Å²) in [6, 6.07) is 14.5. The third-order valence-electron chi connectivity index (χ3n) is 5.96. The highest BCUT2D eigenvalue weighted by molar-refractivity contribution is 6.21. The summed E-state index contributed by atoms with van der Waals surface area (Å²) in [5.74, 6) is 6.51. The Kier molecular flexibility index (Phi) is 7.64. The van der Waals surface area contributed by atoms with Crippen LogP contribution in [0.25, 0.3) is 0 Å². The molecular weight excluding hydrogens is 456 g/mol. The zero-order valence-corrected chi connectivity index (χ0v) is 21.1. The van der Waals surface area contributed by atoms with Crippen LogP contribution < -0.4 is 4.74 Å².